The molecule has 120 valence electrons. The highest BCUT2D eigenvalue weighted by molar-refractivity contribution is 6.16. The number of aliphatic imine (C=N–C) groups is 1. The molecule has 0 unspecified atom stereocenters. The molecule has 0 saturated carbocycles. The molecule has 7 nitrogen and oxygen atoms in total. The monoisotopic (exact) mass is 321 g/mol. The summed E-state index contributed by atoms with van der Waals surface area (Å²) in [5.74, 6) is -0.463. The highest BCUT2D eigenvalue weighted by Crippen LogP contribution is 2.33. The van der Waals surface area contributed by atoms with E-state index in [4.69, 9.17) is 5.73 Å². The summed E-state index contributed by atoms with van der Waals surface area (Å²) in [6, 6.07) is 11.6. The van der Waals surface area contributed by atoms with Gasteiger partial charge in [0.1, 0.15) is 11.4 Å². The summed E-state index contributed by atoms with van der Waals surface area (Å²) < 4.78 is 0. The number of hydrogen-bond acceptors (Lipinski definition) is 4. The predicted molar refractivity (Wildman–Crippen MR) is 89.9 cm³/mol. The number of hydrogen-bond donors (Lipinski definition) is 4. The minimum Gasteiger partial charge on any atom is -0.369 e. The number of nitrogens with zero attached hydrogens (tertiary/aromatic N) is 1. The molecular formula is C17H15N5O2. The van der Waals surface area contributed by atoms with Crippen molar-refractivity contribution in [2.24, 2.45) is 10.7 Å². The van der Waals surface area contributed by atoms with Crippen molar-refractivity contribution in [2.45, 2.75) is 6.42 Å². The Balaban J connectivity index is 1.91. The molecule has 5 N–H and O–H groups in total. The molecule has 24 heavy (non-hydrogen) atoms. The Hall–Kier alpha value is -3.35. The van der Waals surface area contributed by atoms with E-state index in [1.807, 2.05) is 36.4 Å². The van der Waals surface area contributed by atoms with Gasteiger partial charge in [-0.05, 0) is 23.6 Å². The SMILES string of the molecule is NC1=N/C(=C2/CCNC(=O)c3[nH]c(-c4ccccc4)cc32)C(=O)N1. The molecule has 0 aliphatic carbocycles. The van der Waals surface area contributed by atoms with Gasteiger partial charge in [0.2, 0.25) is 5.96 Å². The van der Waals surface area contributed by atoms with Crippen LogP contribution in [0.1, 0.15) is 22.5 Å². The minimum atomic E-state index is -0.342. The van der Waals surface area contributed by atoms with Gasteiger partial charge in [0.15, 0.2) is 0 Å². The second-order valence-corrected chi connectivity index (χ2v) is 5.62. The Morgan fingerprint density at radius 3 is 2.58 bits per heavy atom. The van der Waals surface area contributed by atoms with Gasteiger partial charge in [-0.2, -0.15) is 0 Å². The number of rotatable bonds is 1. The van der Waals surface area contributed by atoms with Gasteiger partial charge in [0.05, 0.1) is 0 Å². The maximum Gasteiger partial charge on any atom is 0.277 e. The summed E-state index contributed by atoms with van der Waals surface area (Å²) >= 11 is 0. The van der Waals surface area contributed by atoms with Crippen molar-refractivity contribution in [3.05, 3.63) is 53.4 Å². The van der Waals surface area contributed by atoms with Crippen LogP contribution < -0.4 is 16.4 Å². The lowest BCUT2D eigenvalue weighted by molar-refractivity contribution is -0.115. The van der Waals surface area contributed by atoms with E-state index in [2.05, 4.69) is 20.6 Å². The van der Waals surface area contributed by atoms with Gasteiger partial charge in [-0.3, -0.25) is 14.9 Å². The van der Waals surface area contributed by atoms with Crippen LogP contribution in [0, 0.1) is 0 Å². The number of H-pyrrole nitrogens is 1. The van der Waals surface area contributed by atoms with Crippen LogP contribution >= 0.6 is 0 Å². The molecule has 1 aromatic carbocycles. The first-order valence-corrected chi connectivity index (χ1v) is 7.59. The van der Waals surface area contributed by atoms with Crippen LogP contribution in [0.25, 0.3) is 16.8 Å². The molecule has 2 aromatic rings. The van der Waals surface area contributed by atoms with Crippen LogP contribution in [0.15, 0.2) is 47.1 Å². The van der Waals surface area contributed by atoms with Crippen LogP contribution in [0.3, 0.4) is 0 Å². The fraction of sp³-hybridized carbons (Fsp3) is 0.118. The maximum atomic E-state index is 12.3. The molecule has 0 radical (unpaired) electrons. The highest BCUT2D eigenvalue weighted by atomic mass is 16.2. The first kappa shape index (κ1) is 14.3. The largest absolute Gasteiger partial charge is 0.369 e. The van der Waals surface area contributed by atoms with E-state index in [1.54, 1.807) is 0 Å². The standard InChI is InChI=1S/C17H15N5O2/c18-17-21-13(16(24)22-17)10-6-7-19-15(23)14-11(10)8-12(20-14)9-4-2-1-3-5-9/h1-5,8,20H,6-7H2,(H,19,23)(H3,18,21,22,24)/b13-10-. The van der Waals surface area contributed by atoms with Crippen LogP contribution in [0.2, 0.25) is 0 Å². The number of aromatic nitrogens is 1. The zero-order chi connectivity index (χ0) is 16.7. The van der Waals surface area contributed by atoms with Gasteiger partial charge in [-0.15, -0.1) is 0 Å². The smallest absolute Gasteiger partial charge is 0.277 e. The Kier molecular flexibility index (Phi) is 3.19. The van der Waals surface area contributed by atoms with Crippen molar-refractivity contribution in [3.8, 4) is 11.3 Å². The summed E-state index contributed by atoms with van der Waals surface area (Å²) in [6.07, 6.45) is 0.504. The number of carbonyl (C=O) groups is 2. The minimum absolute atomic E-state index is 0.0754. The van der Waals surface area contributed by atoms with Crippen LogP contribution in [0.4, 0.5) is 0 Å². The van der Waals surface area contributed by atoms with Crippen molar-refractivity contribution >= 4 is 23.3 Å². The van der Waals surface area contributed by atoms with Gasteiger partial charge >= 0.3 is 0 Å². The number of fused-ring (bicyclic) bond motifs is 1. The summed E-state index contributed by atoms with van der Waals surface area (Å²) in [7, 11) is 0. The third-order valence-electron chi connectivity index (χ3n) is 4.09. The highest BCUT2D eigenvalue weighted by Gasteiger charge is 2.29. The normalized spacial score (nSPS) is 20.1. The summed E-state index contributed by atoms with van der Waals surface area (Å²) in [5.41, 5.74) is 9.47. The van der Waals surface area contributed by atoms with Gasteiger partial charge in [-0.1, -0.05) is 30.3 Å². The fourth-order valence-corrected chi connectivity index (χ4v) is 2.99. The Morgan fingerprint density at radius 2 is 1.88 bits per heavy atom. The van der Waals surface area contributed by atoms with E-state index in [9.17, 15) is 9.59 Å². The summed E-state index contributed by atoms with van der Waals surface area (Å²) in [5, 5.41) is 5.31. The molecule has 0 fully saturated rings. The molecule has 2 aliphatic rings. The van der Waals surface area contributed by atoms with E-state index in [0.717, 1.165) is 11.3 Å². The van der Waals surface area contributed by atoms with E-state index in [-0.39, 0.29) is 23.5 Å². The quantitative estimate of drug-likeness (QED) is 0.587. The Bertz CT molecular complexity index is 908. The number of nitrogens with two attached hydrogens (primary N) is 1. The van der Waals surface area contributed by atoms with Crippen molar-refractivity contribution in [3.63, 3.8) is 0 Å². The number of guanidine groups is 1. The van der Waals surface area contributed by atoms with E-state index in [0.29, 0.717) is 29.8 Å². The second kappa shape index (κ2) is 5.38. The van der Waals surface area contributed by atoms with Gasteiger partial charge in [-0.25, -0.2) is 4.99 Å². The Morgan fingerprint density at radius 1 is 1.08 bits per heavy atom. The third-order valence-corrected chi connectivity index (χ3v) is 4.09. The van der Waals surface area contributed by atoms with Crippen LogP contribution in [-0.2, 0) is 4.79 Å². The molecule has 7 heteroatoms. The van der Waals surface area contributed by atoms with E-state index < -0.39 is 0 Å². The number of carbonyl (C=O) groups excluding carboxylic acids is 2. The molecule has 2 amide bonds. The zero-order valence-corrected chi connectivity index (χ0v) is 12.7. The molecular weight excluding hydrogens is 306 g/mol. The lowest BCUT2D eigenvalue weighted by Gasteiger charge is -2.04. The molecule has 3 heterocycles. The number of nitrogens with one attached hydrogen (secondary N) is 3. The predicted octanol–water partition coefficient (Wildman–Crippen LogP) is 0.971. The molecule has 4 rings (SSSR count). The van der Waals surface area contributed by atoms with E-state index in [1.165, 1.54) is 0 Å². The molecule has 0 spiro atoms. The first-order chi connectivity index (χ1) is 11.6. The first-order valence-electron chi connectivity index (χ1n) is 7.59. The summed E-state index contributed by atoms with van der Waals surface area (Å²) in [4.78, 5) is 31.7. The average Bonchev–Trinajstić information content (AvgIpc) is 3.12. The molecule has 0 saturated heterocycles. The zero-order valence-electron chi connectivity index (χ0n) is 12.7. The van der Waals surface area contributed by atoms with E-state index >= 15 is 0 Å². The maximum absolute atomic E-state index is 12.3. The van der Waals surface area contributed by atoms with Crippen molar-refractivity contribution < 1.29 is 9.59 Å². The number of amides is 2. The van der Waals surface area contributed by atoms with Crippen LogP contribution in [0.5, 0.6) is 0 Å². The van der Waals surface area contributed by atoms with Crippen molar-refractivity contribution in [1.82, 2.24) is 15.6 Å². The Labute approximate surface area is 137 Å². The lowest BCUT2D eigenvalue weighted by atomic mass is 10.0. The van der Waals surface area contributed by atoms with Crippen LogP contribution in [-0.4, -0.2) is 29.3 Å². The lowest BCUT2D eigenvalue weighted by Crippen LogP contribution is -2.30. The fourth-order valence-electron chi connectivity index (χ4n) is 2.99. The van der Waals surface area contributed by atoms with Gasteiger partial charge in [0, 0.05) is 17.8 Å². The third kappa shape index (κ3) is 2.26. The topological polar surface area (TPSA) is 112 Å². The molecule has 0 bridgehead atoms. The molecule has 0 atom stereocenters. The number of aromatic amines is 1. The van der Waals surface area contributed by atoms with Crippen molar-refractivity contribution in [2.75, 3.05) is 6.54 Å². The second-order valence-electron chi connectivity index (χ2n) is 5.62. The molecule has 1 aromatic heterocycles. The average molecular weight is 321 g/mol. The molecule has 2 aliphatic heterocycles. The van der Waals surface area contributed by atoms with Gasteiger partial charge < -0.3 is 16.0 Å². The van der Waals surface area contributed by atoms with Gasteiger partial charge in [0.25, 0.3) is 11.8 Å². The number of benzene rings is 1. The summed E-state index contributed by atoms with van der Waals surface area (Å²) in [6.45, 7) is 0.434. The van der Waals surface area contributed by atoms with Crippen molar-refractivity contribution in [1.29, 1.82) is 0 Å².